The van der Waals surface area contributed by atoms with Crippen molar-refractivity contribution in [1.82, 2.24) is 0 Å². The highest BCUT2D eigenvalue weighted by Crippen LogP contribution is 2.15. The Bertz CT molecular complexity index is 498. The van der Waals surface area contributed by atoms with Gasteiger partial charge in [-0.1, -0.05) is 24.3 Å². The molecule has 0 N–H and O–H groups in total. The second-order valence-corrected chi connectivity index (χ2v) is 4.01. The maximum absolute atomic E-state index is 10.3. The molecule has 0 radical (unpaired) electrons. The Labute approximate surface area is 110 Å². The first-order valence-electron chi connectivity index (χ1n) is 5.74. The molecule has 2 aromatic carbocycles. The van der Waals surface area contributed by atoms with E-state index in [0.29, 0.717) is 24.6 Å². The van der Waals surface area contributed by atoms with Crippen molar-refractivity contribution >= 4 is 11.4 Å². The zero-order valence-electron chi connectivity index (χ0n) is 10.2. The van der Waals surface area contributed by atoms with Gasteiger partial charge in [0.1, 0.15) is 11.4 Å². The van der Waals surface area contributed by atoms with Crippen LogP contribution in [0.3, 0.4) is 0 Å². The van der Waals surface area contributed by atoms with E-state index in [1.54, 1.807) is 48.5 Å². The molecule has 0 amide bonds. The minimum atomic E-state index is 0.403. The lowest BCUT2D eigenvalue weighted by atomic mass is 10.2. The Morgan fingerprint density at radius 1 is 0.684 bits per heavy atom. The number of nitrogens with zero attached hydrogens (tertiary/aromatic N) is 2. The lowest BCUT2D eigenvalue weighted by Crippen LogP contribution is -1.93. The first-order valence-corrected chi connectivity index (χ1v) is 5.74. The first-order chi connectivity index (χ1) is 9.31. The third-order valence-corrected chi connectivity index (χ3v) is 2.62. The molecule has 19 heavy (non-hydrogen) atoms. The average molecular weight is 256 g/mol. The smallest absolute Gasteiger partial charge is 0.108 e. The van der Waals surface area contributed by atoms with Crippen molar-refractivity contribution in [2.24, 2.45) is 10.4 Å². The number of ether oxygens (including phenoxy) is 1. The Morgan fingerprint density at radius 2 is 1.05 bits per heavy atom. The highest BCUT2D eigenvalue weighted by molar-refractivity contribution is 5.39. The number of hydrogen-bond acceptors (Lipinski definition) is 5. The van der Waals surface area contributed by atoms with Crippen LogP contribution in [0, 0.1) is 9.81 Å². The van der Waals surface area contributed by atoms with Crippen LogP contribution in [-0.4, -0.2) is 0 Å². The summed E-state index contributed by atoms with van der Waals surface area (Å²) in [6.07, 6.45) is 0. The zero-order valence-corrected chi connectivity index (χ0v) is 10.2. The largest absolute Gasteiger partial charge is 0.372 e. The van der Waals surface area contributed by atoms with Crippen LogP contribution in [0.15, 0.2) is 58.9 Å². The molecule has 0 spiro atoms. The second-order valence-electron chi connectivity index (χ2n) is 4.01. The first kappa shape index (κ1) is 13.0. The fraction of sp³-hybridized carbons (Fsp3) is 0.143. The monoisotopic (exact) mass is 256 g/mol. The lowest BCUT2D eigenvalue weighted by molar-refractivity contribution is 0.107. The molecule has 5 nitrogen and oxygen atoms in total. The molecule has 2 rings (SSSR count). The highest BCUT2D eigenvalue weighted by atomic mass is 16.5. The van der Waals surface area contributed by atoms with Crippen LogP contribution in [0.5, 0.6) is 0 Å². The summed E-state index contributed by atoms with van der Waals surface area (Å²) in [5, 5.41) is 5.66. The molecule has 0 fully saturated rings. The molecule has 0 saturated carbocycles. The third kappa shape index (κ3) is 3.79. The fourth-order valence-electron chi connectivity index (χ4n) is 1.59. The Balaban J connectivity index is 1.84. The molecular formula is C14H12N2O3. The summed E-state index contributed by atoms with van der Waals surface area (Å²) < 4.78 is 5.54. The van der Waals surface area contributed by atoms with Gasteiger partial charge in [0, 0.05) is 0 Å². The number of rotatable bonds is 6. The van der Waals surface area contributed by atoms with Gasteiger partial charge in [0.25, 0.3) is 0 Å². The number of nitroso groups, excluding NO2 is 2. The van der Waals surface area contributed by atoms with E-state index >= 15 is 0 Å². The molecule has 0 heterocycles. The Kier molecular flexibility index (Phi) is 4.47. The van der Waals surface area contributed by atoms with E-state index in [1.165, 1.54) is 0 Å². The van der Waals surface area contributed by atoms with Crippen LogP contribution < -0.4 is 0 Å². The molecule has 5 heteroatoms. The molecule has 0 aromatic heterocycles. The van der Waals surface area contributed by atoms with Gasteiger partial charge in [0.15, 0.2) is 0 Å². The fourth-order valence-corrected chi connectivity index (χ4v) is 1.59. The van der Waals surface area contributed by atoms with Crippen LogP contribution in [-0.2, 0) is 18.0 Å². The summed E-state index contributed by atoms with van der Waals surface area (Å²) in [4.78, 5) is 20.5. The van der Waals surface area contributed by atoms with Gasteiger partial charge in [-0.3, -0.25) is 0 Å². The van der Waals surface area contributed by atoms with Gasteiger partial charge in [0.2, 0.25) is 0 Å². The van der Waals surface area contributed by atoms with Crippen LogP contribution in [0.2, 0.25) is 0 Å². The van der Waals surface area contributed by atoms with Gasteiger partial charge in [-0.2, -0.15) is 0 Å². The maximum Gasteiger partial charge on any atom is 0.108 e. The lowest BCUT2D eigenvalue weighted by Gasteiger charge is -2.04. The van der Waals surface area contributed by atoms with Gasteiger partial charge in [-0.15, -0.1) is 9.81 Å². The summed E-state index contributed by atoms with van der Waals surface area (Å²) in [5.41, 5.74) is 2.75. The van der Waals surface area contributed by atoms with E-state index in [0.717, 1.165) is 11.1 Å². The third-order valence-electron chi connectivity index (χ3n) is 2.62. The molecule has 0 bridgehead atoms. The maximum atomic E-state index is 10.3. The average Bonchev–Trinajstić information content (AvgIpc) is 2.49. The number of benzene rings is 2. The van der Waals surface area contributed by atoms with Crippen molar-refractivity contribution in [2.75, 3.05) is 0 Å². The zero-order chi connectivity index (χ0) is 13.5. The van der Waals surface area contributed by atoms with Crippen LogP contribution in [0.1, 0.15) is 11.1 Å². The Morgan fingerprint density at radius 3 is 1.37 bits per heavy atom. The topological polar surface area (TPSA) is 68.1 Å². The van der Waals surface area contributed by atoms with Gasteiger partial charge < -0.3 is 4.74 Å². The molecule has 0 aliphatic rings. The summed E-state index contributed by atoms with van der Waals surface area (Å²) in [6.45, 7) is 0.902. The van der Waals surface area contributed by atoms with Crippen molar-refractivity contribution < 1.29 is 4.74 Å². The minimum Gasteiger partial charge on any atom is -0.372 e. The second kappa shape index (κ2) is 6.51. The molecule has 0 unspecified atom stereocenters. The van der Waals surface area contributed by atoms with Gasteiger partial charge in [0.05, 0.1) is 13.2 Å². The standard InChI is InChI=1S/C14H12N2O3/c17-15-13-5-1-11(2-6-13)9-19-10-12-3-7-14(16-18)8-4-12/h1-8H,9-10H2. The van der Waals surface area contributed by atoms with E-state index in [1.807, 2.05) is 0 Å². The van der Waals surface area contributed by atoms with Crippen molar-refractivity contribution in [3.8, 4) is 0 Å². The summed E-state index contributed by atoms with van der Waals surface area (Å²) >= 11 is 0. The Hall–Kier alpha value is -2.40. The van der Waals surface area contributed by atoms with Crippen LogP contribution in [0.25, 0.3) is 0 Å². The highest BCUT2D eigenvalue weighted by Gasteiger charge is 1.97. The molecular weight excluding hydrogens is 244 g/mol. The van der Waals surface area contributed by atoms with Crippen molar-refractivity contribution in [3.63, 3.8) is 0 Å². The molecule has 0 atom stereocenters. The van der Waals surface area contributed by atoms with E-state index in [2.05, 4.69) is 10.4 Å². The predicted molar refractivity (Wildman–Crippen MR) is 72.3 cm³/mol. The predicted octanol–water partition coefficient (Wildman–Crippen LogP) is 4.20. The van der Waals surface area contributed by atoms with Crippen LogP contribution >= 0.6 is 0 Å². The van der Waals surface area contributed by atoms with Crippen LogP contribution in [0.4, 0.5) is 11.4 Å². The molecule has 0 aliphatic heterocycles. The van der Waals surface area contributed by atoms with E-state index < -0.39 is 0 Å². The van der Waals surface area contributed by atoms with Gasteiger partial charge in [-0.05, 0) is 45.7 Å². The van der Waals surface area contributed by atoms with E-state index in [4.69, 9.17) is 4.74 Å². The summed E-state index contributed by atoms with van der Waals surface area (Å²) in [6, 6.07) is 13.8. The van der Waals surface area contributed by atoms with Gasteiger partial charge in [-0.25, -0.2) is 0 Å². The quantitative estimate of drug-likeness (QED) is 0.727. The van der Waals surface area contributed by atoms with Gasteiger partial charge >= 0.3 is 0 Å². The molecule has 0 saturated heterocycles. The summed E-state index contributed by atoms with van der Waals surface area (Å²) in [7, 11) is 0. The SMILES string of the molecule is O=Nc1ccc(COCc2ccc(N=O)cc2)cc1. The molecule has 0 aliphatic carbocycles. The normalized spacial score (nSPS) is 10.1. The van der Waals surface area contributed by atoms with E-state index in [-0.39, 0.29) is 0 Å². The van der Waals surface area contributed by atoms with E-state index in [9.17, 15) is 9.81 Å². The van der Waals surface area contributed by atoms with Crippen molar-refractivity contribution in [2.45, 2.75) is 13.2 Å². The number of hydrogen-bond donors (Lipinski definition) is 0. The molecule has 96 valence electrons. The minimum absolute atomic E-state index is 0.403. The van der Waals surface area contributed by atoms with Crippen molar-refractivity contribution in [1.29, 1.82) is 0 Å². The van der Waals surface area contributed by atoms with Crippen molar-refractivity contribution in [3.05, 3.63) is 69.5 Å². The molecule has 2 aromatic rings. The summed E-state index contributed by atoms with van der Waals surface area (Å²) in [5.74, 6) is 0.